The standard InChI is InChI=1S/C57H88N12O16/c1-10-30(6)45(67-56(84)46(33(9)72)68-50(78)38(58)24-34-13-17-36(73)18-14-34)55(83)61-31(7)48(76)60-32(8)49(77)62-39(22-28(2)3)51(79)63-40(23-29(4)5)52(80)66-43(27-71)57(85)69-21-11-12-44(69)54(82)64-41(25-35-15-19-37(74)20-16-35)53(81)65-42(26-70)47(59)75/h13-20,28-33,38-46,70-74H,10-12,21-27,58H2,1-9H3,(H2,59,75)(H,60,76)(H,61,83)(H,62,77)(H,63,79)(H,64,82)(H,65,81)(H,66,80)(H,67,84)(H,68,78)/t30-,31-,32-,33+,38-,39-,40-,41-,42-,43-,44-,45-,46-/m0/s1. The Labute approximate surface area is 494 Å². The first-order chi connectivity index (χ1) is 39.9. The fourth-order valence-electron chi connectivity index (χ4n) is 9.12. The van der Waals surface area contributed by atoms with Crippen molar-refractivity contribution in [2.75, 3.05) is 19.8 Å². The number of rotatable bonds is 33. The highest BCUT2D eigenvalue weighted by molar-refractivity contribution is 5.99. The predicted molar refractivity (Wildman–Crippen MR) is 308 cm³/mol. The lowest BCUT2D eigenvalue weighted by molar-refractivity contribution is -0.143. The van der Waals surface area contributed by atoms with Crippen LogP contribution < -0.4 is 59.3 Å². The van der Waals surface area contributed by atoms with Crippen LogP contribution in [0.25, 0.3) is 0 Å². The van der Waals surface area contributed by atoms with Crippen LogP contribution in [0.3, 0.4) is 0 Å². The number of amides is 11. The smallest absolute Gasteiger partial charge is 0.248 e. The van der Waals surface area contributed by atoms with Crippen LogP contribution in [0.5, 0.6) is 11.5 Å². The molecule has 472 valence electrons. The summed E-state index contributed by atoms with van der Waals surface area (Å²) < 4.78 is 0. The molecule has 0 spiro atoms. The average molecular weight is 1200 g/mol. The molecule has 1 heterocycles. The number of phenols is 2. The molecule has 1 aliphatic heterocycles. The monoisotopic (exact) mass is 1200 g/mol. The largest absolute Gasteiger partial charge is 0.508 e. The molecule has 1 aliphatic rings. The number of aliphatic hydroxyl groups excluding tert-OH is 3. The van der Waals surface area contributed by atoms with Crippen molar-refractivity contribution in [3.8, 4) is 11.5 Å². The zero-order valence-corrected chi connectivity index (χ0v) is 49.7. The molecular weight excluding hydrogens is 1110 g/mol. The maximum Gasteiger partial charge on any atom is 0.248 e. The van der Waals surface area contributed by atoms with Crippen molar-refractivity contribution in [1.29, 1.82) is 0 Å². The Balaban J connectivity index is 1.69. The summed E-state index contributed by atoms with van der Waals surface area (Å²) in [6, 6.07) is -3.16. The van der Waals surface area contributed by atoms with E-state index in [1.807, 2.05) is 0 Å². The first-order valence-electron chi connectivity index (χ1n) is 28.5. The van der Waals surface area contributed by atoms with E-state index < -0.39 is 157 Å². The summed E-state index contributed by atoms with van der Waals surface area (Å²) in [6.45, 7) is 12.7. The van der Waals surface area contributed by atoms with Gasteiger partial charge in [0.05, 0.1) is 25.4 Å². The molecule has 2 aromatic carbocycles. The molecule has 1 fully saturated rings. The number of nitrogens with one attached hydrogen (secondary N) is 9. The molecule has 0 saturated carbocycles. The molecule has 11 amide bonds. The van der Waals surface area contributed by atoms with Gasteiger partial charge in [-0.2, -0.15) is 0 Å². The SMILES string of the molecule is CC[C@H](C)[C@H](NC(=O)[C@@H](NC(=O)[C@@H](N)Cc1ccc(O)cc1)[C@@H](C)O)C(=O)N[C@@H](C)C(=O)N[C@@H](C)C(=O)N[C@@H](CC(C)C)C(=O)N[C@@H](CC(C)C)C(=O)N[C@@H](CO)C(=O)N1CCC[C@H]1C(=O)N[C@@H](Cc1ccc(O)cc1)C(=O)N[C@@H](CO)C(N)=O. The number of likely N-dealkylation sites (tertiary alicyclic amines) is 1. The number of nitrogens with two attached hydrogens (primary N) is 2. The molecular formula is C57H88N12O16. The maximum absolute atomic E-state index is 14.1. The molecule has 0 unspecified atom stereocenters. The van der Waals surface area contributed by atoms with Gasteiger partial charge in [0.1, 0.15) is 71.9 Å². The molecule has 3 rings (SSSR count). The molecule has 13 atom stereocenters. The number of carbonyl (C=O) groups excluding carboxylic acids is 11. The second-order valence-corrected chi connectivity index (χ2v) is 22.4. The van der Waals surface area contributed by atoms with E-state index in [0.717, 1.165) is 4.90 Å². The van der Waals surface area contributed by atoms with E-state index in [4.69, 9.17) is 11.5 Å². The lowest BCUT2D eigenvalue weighted by Crippen LogP contribution is -2.61. The van der Waals surface area contributed by atoms with Crippen LogP contribution in [0.2, 0.25) is 0 Å². The highest BCUT2D eigenvalue weighted by Crippen LogP contribution is 2.21. The van der Waals surface area contributed by atoms with Crippen molar-refractivity contribution < 1.29 is 78.3 Å². The Morgan fingerprint density at radius 3 is 1.42 bits per heavy atom. The Morgan fingerprint density at radius 1 is 0.529 bits per heavy atom. The third-order valence-electron chi connectivity index (χ3n) is 14.3. The van der Waals surface area contributed by atoms with Crippen LogP contribution in [-0.2, 0) is 65.6 Å². The molecule has 1 saturated heterocycles. The van der Waals surface area contributed by atoms with Crippen LogP contribution in [0.15, 0.2) is 48.5 Å². The van der Waals surface area contributed by atoms with E-state index in [1.54, 1.807) is 53.7 Å². The number of nitrogens with zero attached hydrogens (tertiary/aromatic N) is 1. The minimum absolute atomic E-state index is 0.0116. The topological polar surface area (TPSA) is 452 Å². The summed E-state index contributed by atoms with van der Waals surface area (Å²) in [7, 11) is 0. The number of benzene rings is 2. The van der Waals surface area contributed by atoms with Gasteiger partial charge in [-0.1, -0.05) is 72.2 Å². The predicted octanol–water partition coefficient (Wildman–Crippen LogP) is -3.41. The van der Waals surface area contributed by atoms with Gasteiger partial charge < -0.3 is 89.8 Å². The van der Waals surface area contributed by atoms with E-state index in [1.165, 1.54) is 57.2 Å². The van der Waals surface area contributed by atoms with Gasteiger partial charge in [0.2, 0.25) is 65.0 Å². The fourth-order valence-corrected chi connectivity index (χ4v) is 9.12. The molecule has 0 aromatic heterocycles. The maximum atomic E-state index is 14.1. The number of aromatic hydroxyl groups is 2. The van der Waals surface area contributed by atoms with Gasteiger partial charge in [0.15, 0.2) is 0 Å². The number of primary amides is 1. The van der Waals surface area contributed by atoms with Crippen LogP contribution in [0.4, 0.5) is 0 Å². The number of hydrogen-bond donors (Lipinski definition) is 16. The van der Waals surface area contributed by atoms with Crippen molar-refractivity contribution in [3.63, 3.8) is 0 Å². The minimum Gasteiger partial charge on any atom is -0.508 e. The first kappa shape index (κ1) is 71.3. The van der Waals surface area contributed by atoms with Crippen LogP contribution in [0, 0.1) is 17.8 Å². The van der Waals surface area contributed by atoms with E-state index in [9.17, 15) is 78.3 Å². The van der Waals surface area contributed by atoms with Crippen molar-refractivity contribution >= 4 is 65.0 Å². The van der Waals surface area contributed by atoms with Gasteiger partial charge in [-0.15, -0.1) is 0 Å². The van der Waals surface area contributed by atoms with Crippen molar-refractivity contribution in [2.45, 2.75) is 180 Å². The minimum atomic E-state index is -1.62. The van der Waals surface area contributed by atoms with Gasteiger partial charge >= 0.3 is 0 Å². The first-order valence-corrected chi connectivity index (χ1v) is 28.5. The highest BCUT2D eigenvalue weighted by atomic mass is 16.3. The second kappa shape index (κ2) is 34.1. The van der Waals surface area contributed by atoms with Gasteiger partial charge in [0.25, 0.3) is 0 Å². The second-order valence-electron chi connectivity index (χ2n) is 22.4. The summed E-state index contributed by atoms with van der Waals surface area (Å²) in [6.07, 6.45) is -0.684. The molecule has 0 radical (unpaired) electrons. The molecule has 28 heteroatoms. The van der Waals surface area contributed by atoms with Gasteiger partial charge in [-0.25, -0.2) is 0 Å². The normalized spacial score (nSPS) is 17.4. The summed E-state index contributed by atoms with van der Waals surface area (Å²) >= 11 is 0. The molecule has 85 heavy (non-hydrogen) atoms. The third kappa shape index (κ3) is 22.5. The summed E-state index contributed by atoms with van der Waals surface area (Å²) in [5.74, 6) is -10.4. The van der Waals surface area contributed by atoms with Crippen molar-refractivity contribution in [3.05, 3.63) is 59.7 Å². The Kier molecular flexibility index (Phi) is 28.6. The molecule has 18 N–H and O–H groups in total. The number of phenolic OH excluding ortho intramolecular Hbond substituents is 2. The Bertz CT molecular complexity index is 2620. The van der Waals surface area contributed by atoms with Crippen molar-refractivity contribution in [2.24, 2.45) is 29.2 Å². The summed E-state index contributed by atoms with van der Waals surface area (Å²) in [4.78, 5) is 150. The van der Waals surface area contributed by atoms with E-state index in [2.05, 4.69) is 47.9 Å². The molecule has 0 aliphatic carbocycles. The van der Waals surface area contributed by atoms with Gasteiger partial charge in [0, 0.05) is 13.0 Å². The number of hydrogen-bond acceptors (Lipinski definition) is 17. The van der Waals surface area contributed by atoms with Crippen LogP contribution in [0.1, 0.15) is 106 Å². The van der Waals surface area contributed by atoms with Crippen molar-refractivity contribution in [1.82, 2.24) is 52.8 Å². The van der Waals surface area contributed by atoms with E-state index in [-0.39, 0.29) is 62.0 Å². The van der Waals surface area contributed by atoms with Crippen LogP contribution in [-0.4, -0.2) is 188 Å². The molecule has 0 bridgehead atoms. The highest BCUT2D eigenvalue weighted by Gasteiger charge is 2.41. The third-order valence-corrected chi connectivity index (χ3v) is 14.3. The summed E-state index contributed by atoms with van der Waals surface area (Å²) in [5.41, 5.74) is 12.5. The lowest BCUT2D eigenvalue weighted by atomic mass is 9.97. The van der Waals surface area contributed by atoms with Crippen LogP contribution >= 0.6 is 0 Å². The molecule has 2 aromatic rings. The van der Waals surface area contributed by atoms with Gasteiger partial charge in [-0.05, 0) is 106 Å². The lowest BCUT2D eigenvalue weighted by Gasteiger charge is -2.31. The van der Waals surface area contributed by atoms with E-state index in [0.29, 0.717) is 24.0 Å². The van der Waals surface area contributed by atoms with Gasteiger partial charge in [-0.3, -0.25) is 52.7 Å². The Hall–Kier alpha value is -7.95. The average Bonchev–Trinajstić information content (AvgIpc) is 4.09. The Morgan fingerprint density at radius 2 is 0.953 bits per heavy atom. The summed E-state index contributed by atoms with van der Waals surface area (Å²) in [5, 5.41) is 72.6. The zero-order valence-electron chi connectivity index (χ0n) is 49.7. The zero-order chi connectivity index (χ0) is 64.0. The fraction of sp³-hybridized carbons (Fsp3) is 0.596. The van der Waals surface area contributed by atoms with E-state index >= 15 is 0 Å². The molecule has 28 nitrogen and oxygen atoms in total. The number of aliphatic hydroxyl groups is 3. The quantitative estimate of drug-likeness (QED) is 0.0331. The number of carbonyl (C=O) groups is 11.